The first-order valence-corrected chi connectivity index (χ1v) is 11.7. The van der Waals surface area contributed by atoms with Gasteiger partial charge in [-0.05, 0) is 74.1 Å². The maximum Gasteiger partial charge on any atom is 0.339 e. The number of esters is 1. The first-order valence-electron chi connectivity index (χ1n) is 11.3. The third-order valence-corrected chi connectivity index (χ3v) is 6.40. The molecule has 0 aliphatic carbocycles. The van der Waals surface area contributed by atoms with Crippen LogP contribution in [0.15, 0.2) is 47.3 Å². The lowest BCUT2D eigenvalue weighted by Gasteiger charge is -2.28. The van der Waals surface area contributed by atoms with E-state index in [2.05, 4.69) is 22.4 Å². The molecule has 1 aliphatic rings. The second-order valence-electron chi connectivity index (χ2n) is 8.65. The molecule has 1 aliphatic heterocycles. The zero-order valence-corrected chi connectivity index (χ0v) is 20.5. The molecule has 178 valence electrons. The number of benzene rings is 2. The molecule has 1 aromatic heterocycles. The van der Waals surface area contributed by atoms with Crippen LogP contribution in [0.25, 0.3) is 10.9 Å². The van der Waals surface area contributed by atoms with E-state index in [1.165, 1.54) is 7.11 Å². The molecule has 1 fully saturated rings. The van der Waals surface area contributed by atoms with Gasteiger partial charge in [-0.15, -0.1) is 0 Å². The number of aromatic amines is 1. The molecule has 8 heteroatoms. The molecule has 4 rings (SSSR count). The molecule has 0 radical (unpaired) electrons. The van der Waals surface area contributed by atoms with Crippen LogP contribution in [0.3, 0.4) is 0 Å². The van der Waals surface area contributed by atoms with Gasteiger partial charge in [-0.25, -0.2) is 4.79 Å². The minimum absolute atomic E-state index is 0.0274. The second-order valence-corrected chi connectivity index (χ2v) is 9.04. The van der Waals surface area contributed by atoms with E-state index in [-0.39, 0.29) is 11.7 Å². The minimum atomic E-state index is -0.451. The largest absolute Gasteiger partial charge is 0.465 e. The van der Waals surface area contributed by atoms with Gasteiger partial charge < -0.3 is 24.7 Å². The SMILES string of the molecule is COC(=O)c1ccccc1NC(=S)N(Cc1cc2cc(C)cc(C)c2[nH]c1=O)C[C@H]1CCCO1. The lowest BCUT2D eigenvalue weighted by Crippen LogP contribution is -2.40. The highest BCUT2D eigenvalue weighted by Gasteiger charge is 2.23. The van der Waals surface area contributed by atoms with Gasteiger partial charge in [-0.2, -0.15) is 0 Å². The molecule has 34 heavy (non-hydrogen) atoms. The number of fused-ring (bicyclic) bond motifs is 1. The first kappa shape index (κ1) is 23.9. The van der Waals surface area contributed by atoms with Crippen molar-refractivity contribution in [3.05, 3.63) is 75.1 Å². The third kappa shape index (κ3) is 5.29. The smallest absolute Gasteiger partial charge is 0.339 e. The topological polar surface area (TPSA) is 83.7 Å². The van der Waals surface area contributed by atoms with Crippen LogP contribution in [0.5, 0.6) is 0 Å². The van der Waals surface area contributed by atoms with Crippen molar-refractivity contribution < 1.29 is 14.3 Å². The number of nitrogens with one attached hydrogen (secondary N) is 2. The molecular weight excluding hydrogens is 450 g/mol. The molecule has 1 atom stereocenters. The number of carbonyl (C=O) groups excluding carboxylic acids is 1. The van der Waals surface area contributed by atoms with Crippen molar-refractivity contribution in [3.8, 4) is 0 Å². The summed E-state index contributed by atoms with van der Waals surface area (Å²) in [5, 5.41) is 4.58. The Bertz CT molecular complexity index is 1280. The molecular formula is C26H29N3O4S. The Labute approximate surface area is 204 Å². The summed E-state index contributed by atoms with van der Waals surface area (Å²) in [6.07, 6.45) is 1.96. The number of H-pyrrole nitrogens is 1. The number of anilines is 1. The van der Waals surface area contributed by atoms with Crippen molar-refractivity contribution in [2.24, 2.45) is 0 Å². The third-order valence-electron chi connectivity index (χ3n) is 6.04. The Morgan fingerprint density at radius 2 is 2.06 bits per heavy atom. The number of pyridine rings is 1. The molecule has 0 spiro atoms. The van der Waals surface area contributed by atoms with Crippen LogP contribution >= 0.6 is 12.2 Å². The van der Waals surface area contributed by atoms with E-state index in [0.717, 1.165) is 41.5 Å². The van der Waals surface area contributed by atoms with E-state index < -0.39 is 5.97 Å². The van der Waals surface area contributed by atoms with Gasteiger partial charge in [0.15, 0.2) is 5.11 Å². The summed E-state index contributed by atoms with van der Waals surface area (Å²) < 4.78 is 10.7. The van der Waals surface area contributed by atoms with Crippen molar-refractivity contribution in [2.45, 2.75) is 39.3 Å². The fourth-order valence-corrected chi connectivity index (χ4v) is 4.63. The normalized spacial score (nSPS) is 15.3. The van der Waals surface area contributed by atoms with Crippen LogP contribution in [0, 0.1) is 13.8 Å². The Kier molecular flexibility index (Phi) is 7.29. The number of aromatic nitrogens is 1. The van der Waals surface area contributed by atoms with Crippen LogP contribution in [0.4, 0.5) is 5.69 Å². The summed E-state index contributed by atoms with van der Waals surface area (Å²) in [7, 11) is 1.34. The van der Waals surface area contributed by atoms with Gasteiger partial charge in [0.2, 0.25) is 0 Å². The molecule has 0 amide bonds. The molecule has 7 nitrogen and oxygen atoms in total. The quantitative estimate of drug-likeness (QED) is 0.403. The van der Waals surface area contributed by atoms with Crippen LogP contribution in [-0.4, -0.2) is 47.3 Å². The number of nitrogens with zero attached hydrogens (tertiary/aromatic N) is 1. The number of aryl methyl sites for hydroxylation is 2. The van der Waals surface area contributed by atoms with Crippen molar-refractivity contribution in [1.82, 2.24) is 9.88 Å². The molecule has 2 N–H and O–H groups in total. The van der Waals surface area contributed by atoms with Gasteiger partial charge in [0, 0.05) is 18.7 Å². The zero-order valence-electron chi connectivity index (χ0n) is 19.6. The molecule has 3 aromatic rings. The number of rotatable bonds is 6. The van der Waals surface area contributed by atoms with Gasteiger partial charge in [0.25, 0.3) is 5.56 Å². The highest BCUT2D eigenvalue weighted by atomic mass is 32.1. The van der Waals surface area contributed by atoms with Gasteiger partial charge >= 0.3 is 5.97 Å². The first-order chi connectivity index (χ1) is 16.4. The van der Waals surface area contributed by atoms with Crippen molar-refractivity contribution in [1.29, 1.82) is 0 Å². The fraction of sp³-hybridized carbons (Fsp3) is 0.346. The zero-order chi connectivity index (χ0) is 24.2. The van der Waals surface area contributed by atoms with E-state index in [4.69, 9.17) is 21.7 Å². The standard InChI is InChI=1S/C26H29N3O4S/c1-16-11-17(2)23-18(12-16)13-19(24(30)28-23)14-29(15-20-7-6-10-33-20)26(34)27-22-9-5-4-8-21(22)25(31)32-3/h4-5,8-9,11-13,20H,6-7,10,14-15H2,1-3H3,(H,27,34)(H,28,30)/t20-/m1/s1. The molecule has 0 unspecified atom stereocenters. The van der Waals surface area contributed by atoms with Gasteiger partial charge in [-0.1, -0.05) is 23.8 Å². The maximum absolute atomic E-state index is 13.0. The van der Waals surface area contributed by atoms with E-state index in [9.17, 15) is 9.59 Å². The minimum Gasteiger partial charge on any atom is -0.465 e. The molecule has 1 saturated heterocycles. The summed E-state index contributed by atoms with van der Waals surface area (Å²) in [5.41, 5.74) is 4.42. The lowest BCUT2D eigenvalue weighted by atomic mass is 10.1. The molecule has 0 bridgehead atoms. The van der Waals surface area contributed by atoms with E-state index >= 15 is 0 Å². The molecule has 0 saturated carbocycles. The van der Waals surface area contributed by atoms with E-state index in [1.807, 2.05) is 30.9 Å². The van der Waals surface area contributed by atoms with Gasteiger partial charge in [-0.3, -0.25) is 4.79 Å². The number of hydrogen-bond donors (Lipinski definition) is 2. The van der Waals surface area contributed by atoms with Crippen molar-refractivity contribution in [2.75, 3.05) is 25.6 Å². The predicted molar refractivity (Wildman–Crippen MR) is 137 cm³/mol. The number of methoxy groups -OCH3 is 1. The van der Waals surface area contributed by atoms with E-state index in [1.54, 1.807) is 18.2 Å². The monoisotopic (exact) mass is 479 g/mol. The maximum atomic E-state index is 13.0. The van der Waals surface area contributed by atoms with Gasteiger partial charge in [0.05, 0.1) is 36.5 Å². The number of hydrogen-bond acceptors (Lipinski definition) is 5. The Morgan fingerprint density at radius 3 is 2.79 bits per heavy atom. The Morgan fingerprint density at radius 1 is 1.26 bits per heavy atom. The van der Waals surface area contributed by atoms with Gasteiger partial charge in [0.1, 0.15) is 0 Å². The predicted octanol–water partition coefficient (Wildman–Crippen LogP) is 4.31. The summed E-state index contributed by atoms with van der Waals surface area (Å²) in [5.74, 6) is -0.451. The Hall–Kier alpha value is -3.23. The second kappa shape index (κ2) is 10.4. The number of thiocarbonyl (C=S) groups is 1. The highest BCUT2D eigenvalue weighted by Crippen LogP contribution is 2.21. The molecule has 2 heterocycles. The average molecular weight is 480 g/mol. The van der Waals surface area contributed by atoms with Crippen LogP contribution < -0.4 is 10.9 Å². The summed E-state index contributed by atoms with van der Waals surface area (Å²) in [6, 6.07) is 13.1. The van der Waals surface area contributed by atoms with Crippen molar-refractivity contribution >= 4 is 39.9 Å². The van der Waals surface area contributed by atoms with Crippen LogP contribution in [0.1, 0.15) is 39.9 Å². The number of ether oxygens (including phenoxy) is 2. The Balaban J connectivity index is 1.64. The lowest BCUT2D eigenvalue weighted by molar-refractivity contribution is 0.0602. The summed E-state index contributed by atoms with van der Waals surface area (Å²) >= 11 is 5.75. The number of para-hydroxylation sites is 1. The average Bonchev–Trinajstić information content (AvgIpc) is 3.32. The van der Waals surface area contributed by atoms with Crippen molar-refractivity contribution in [3.63, 3.8) is 0 Å². The fourth-order valence-electron chi connectivity index (χ4n) is 4.38. The summed E-state index contributed by atoms with van der Waals surface area (Å²) in [4.78, 5) is 30.1. The summed E-state index contributed by atoms with van der Waals surface area (Å²) in [6.45, 7) is 5.60. The van der Waals surface area contributed by atoms with Crippen LogP contribution in [0.2, 0.25) is 0 Å². The highest BCUT2D eigenvalue weighted by molar-refractivity contribution is 7.80. The number of carbonyl (C=O) groups is 1. The van der Waals surface area contributed by atoms with E-state index in [0.29, 0.717) is 35.0 Å². The molecule has 2 aromatic carbocycles. The van der Waals surface area contributed by atoms with Crippen LogP contribution in [-0.2, 0) is 16.0 Å².